The Labute approximate surface area is 300 Å². The molecule has 0 aromatic carbocycles. The van der Waals surface area contributed by atoms with E-state index in [-0.39, 0.29) is 19.4 Å². The summed E-state index contributed by atoms with van der Waals surface area (Å²) in [5.74, 6) is -2.44. The van der Waals surface area contributed by atoms with Crippen molar-refractivity contribution in [3.05, 3.63) is 60.8 Å². The van der Waals surface area contributed by atoms with Gasteiger partial charge in [-0.15, -0.1) is 0 Å². The van der Waals surface area contributed by atoms with Crippen LogP contribution in [0.1, 0.15) is 129 Å². The van der Waals surface area contributed by atoms with Gasteiger partial charge < -0.3 is 25.2 Å². The molecule has 12 heteroatoms. The number of carboxylic acid groups (broad SMARTS) is 1. The van der Waals surface area contributed by atoms with Gasteiger partial charge in [0.1, 0.15) is 12.6 Å². The second-order valence-electron chi connectivity index (χ2n) is 12.0. The van der Waals surface area contributed by atoms with E-state index in [1.54, 1.807) is 0 Å². The van der Waals surface area contributed by atoms with E-state index in [1.807, 2.05) is 0 Å². The number of aliphatic carboxylic acids is 1. The van der Waals surface area contributed by atoms with Crippen molar-refractivity contribution in [2.45, 2.75) is 142 Å². The van der Waals surface area contributed by atoms with Crippen LogP contribution in [-0.4, -0.2) is 59.9 Å². The first-order chi connectivity index (χ1) is 24.1. The molecule has 0 aromatic heterocycles. The number of carbonyl (C=O) groups excluding carboxylic acids is 2. The van der Waals surface area contributed by atoms with Gasteiger partial charge in [0.2, 0.25) is 0 Å². The molecule has 4 N–H and O–H groups in total. The van der Waals surface area contributed by atoms with Crippen molar-refractivity contribution in [2.75, 3.05) is 19.8 Å². The smallest absolute Gasteiger partial charge is 0.472 e. The molecule has 0 spiro atoms. The van der Waals surface area contributed by atoms with Gasteiger partial charge in [-0.1, -0.05) is 120 Å². The molecule has 1 unspecified atom stereocenters. The van der Waals surface area contributed by atoms with Crippen LogP contribution in [-0.2, 0) is 37.5 Å². The number of rotatable bonds is 33. The fraction of sp³-hybridized carbons (Fsp3) is 0.658. The van der Waals surface area contributed by atoms with Crippen molar-refractivity contribution >= 4 is 25.7 Å². The molecule has 0 amide bonds. The topological polar surface area (TPSA) is 172 Å². The third-order valence-electron chi connectivity index (χ3n) is 7.28. The zero-order valence-electron chi connectivity index (χ0n) is 30.5. The summed E-state index contributed by atoms with van der Waals surface area (Å²) in [5, 5.41) is 8.83. The van der Waals surface area contributed by atoms with Crippen molar-refractivity contribution in [2.24, 2.45) is 5.73 Å². The first kappa shape index (κ1) is 47.2. The number of carboxylic acids is 1. The molecule has 0 saturated carbocycles. The molecule has 0 aliphatic carbocycles. The summed E-state index contributed by atoms with van der Waals surface area (Å²) in [4.78, 5) is 45.5. The summed E-state index contributed by atoms with van der Waals surface area (Å²) in [6.07, 6.45) is 36.1. The van der Waals surface area contributed by atoms with Crippen LogP contribution >= 0.6 is 7.82 Å². The minimum absolute atomic E-state index is 0.150. The molecule has 11 nitrogen and oxygen atoms in total. The van der Waals surface area contributed by atoms with Gasteiger partial charge in [0.05, 0.1) is 13.2 Å². The van der Waals surface area contributed by atoms with Gasteiger partial charge in [-0.25, -0.2) is 4.57 Å². The van der Waals surface area contributed by atoms with Gasteiger partial charge in [0.15, 0.2) is 6.10 Å². The zero-order valence-corrected chi connectivity index (χ0v) is 31.4. The second kappa shape index (κ2) is 33.3. The lowest BCUT2D eigenvalue weighted by molar-refractivity contribution is -0.161. The van der Waals surface area contributed by atoms with Crippen molar-refractivity contribution < 1.29 is 47.5 Å². The maximum Gasteiger partial charge on any atom is 0.472 e. The largest absolute Gasteiger partial charge is 0.480 e. The van der Waals surface area contributed by atoms with Crippen molar-refractivity contribution in [3.8, 4) is 0 Å². The van der Waals surface area contributed by atoms with Crippen LogP contribution in [0.2, 0.25) is 0 Å². The van der Waals surface area contributed by atoms with Crippen LogP contribution in [0.3, 0.4) is 0 Å². The highest BCUT2D eigenvalue weighted by Crippen LogP contribution is 2.43. The number of phosphoric acid groups is 1. The second-order valence-corrected chi connectivity index (χ2v) is 13.4. The van der Waals surface area contributed by atoms with E-state index >= 15 is 0 Å². The highest BCUT2D eigenvalue weighted by atomic mass is 31.2. The van der Waals surface area contributed by atoms with Gasteiger partial charge in [0.25, 0.3) is 0 Å². The number of ether oxygens (including phenoxy) is 2. The highest BCUT2D eigenvalue weighted by Gasteiger charge is 2.28. The molecule has 0 fully saturated rings. The summed E-state index contributed by atoms with van der Waals surface area (Å²) in [7, 11) is -4.71. The number of nitrogens with two attached hydrogens (primary N) is 1. The van der Waals surface area contributed by atoms with Crippen LogP contribution in [0.5, 0.6) is 0 Å². The van der Waals surface area contributed by atoms with Crippen molar-refractivity contribution in [3.63, 3.8) is 0 Å². The Morgan fingerprint density at radius 2 is 1.12 bits per heavy atom. The van der Waals surface area contributed by atoms with E-state index in [0.717, 1.165) is 83.5 Å². The molecule has 0 saturated heterocycles. The molecule has 3 atom stereocenters. The first-order valence-corrected chi connectivity index (χ1v) is 19.8. The lowest BCUT2D eigenvalue weighted by Crippen LogP contribution is -2.34. The Morgan fingerprint density at radius 3 is 1.68 bits per heavy atom. The molecule has 0 aliphatic heterocycles. The van der Waals surface area contributed by atoms with E-state index < -0.39 is 51.1 Å². The predicted octanol–water partition coefficient (Wildman–Crippen LogP) is 8.83. The molecule has 286 valence electrons. The lowest BCUT2D eigenvalue weighted by atomic mass is 10.1. The Balaban J connectivity index is 4.42. The monoisotopic (exact) mass is 725 g/mol. The molecule has 50 heavy (non-hydrogen) atoms. The normalized spacial score (nSPS) is 14.6. The molecule has 0 bridgehead atoms. The Morgan fingerprint density at radius 1 is 0.640 bits per heavy atom. The van der Waals surface area contributed by atoms with Crippen molar-refractivity contribution in [1.29, 1.82) is 0 Å². The molecule has 0 heterocycles. The van der Waals surface area contributed by atoms with E-state index in [9.17, 15) is 23.8 Å². The van der Waals surface area contributed by atoms with Gasteiger partial charge in [-0.2, -0.15) is 0 Å². The van der Waals surface area contributed by atoms with Gasteiger partial charge in [-0.3, -0.25) is 23.4 Å². The van der Waals surface area contributed by atoms with Gasteiger partial charge in [0, 0.05) is 12.8 Å². The van der Waals surface area contributed by atoms with Gasteiger partial charge in [-0.05, 0) is 57.8 Å². The minimum atomic E-state index is -4.71. The number of unbranched alkanes of at least 4 members (excludes halogenated alkanes) is 9. The Bertz CT molecular complexity index is 1090. The van der Waals surface area contributed by atoms with E-state index in [0.29, 0.717) is 12.8 Å². The number of carbonyl (C=O) groups is 3. The summed E-state index contributed by atoms with van der Waals surface area (Å²) in [5.41, 5.74) is 5.30. The molecular formula is C38H64NO10P. The third-order valence-corrected chi connectivity index (χ3v) is 8.23. The standard InChI is InChI=1S/C38H64NO10P/c1-3-5-7-9-11-12-13-14-15-16-17-18-19-20-21-22-24-25-27-29-36(40)46-31-34(32-47-50(44,45)48-33-35(39)38(42)43)49-37(41)30-28-26-23-10-8-6-4-2/h5,7,11-12,14-15,17-18,20-21,34-35H,3-4,6,8-10,13,16,19,22-33,39H2,1-2H3,(H,42,43)(H,44,45)/b7-5+,12-11+,15-14+,18-17+,21-20+/t34-,35+/m0/s1. The number of esters is 2. The highest BCUT2D eigenvalue weighted by molar-refractivity contribution is 7.47. The fourth-order valence-electron chi connectivity index (χ4n) is 4.38. The van der Waals surface area contributed by atoms with Crippen LogP contribution < -0.4 is 5.73 Å². The van der Waals surface area contributed by atoms with Crippen LogP contribution in [0, 0.1) is 0 Å². The summed E-state index contributed by atoms with van der Waals surface area (Å²) in [6, 6.07) is -1.53. The fourth-order valence-corrected chi connectivity index (χ4v) is 5.16. The zero-order chi connectivity index (χ0) is 37.1. The lowest BCUT2D eigenvalue weighted by Gasteiger charge is -2.20. The average molecular weight is 726 g/mol. The first-order valence-electron chi connectivity index (χ1n) is 18.3. The molecule has 0 radical (unpaired) electrons. The molecule has 0 rings (SSSR count). The third kappa shape index (κ3) is 32.4. The van der Waals surface area contributed by atoms with Crippen molar-refractivity contribution in [1.82, 2.24) is 0 Å². The molecule has 0 aromatic rings. The Kier molecular flexibility index (Phi) is 31.5. The quantitative estimate of drug-likeness (QED) is 0.0255. The number of hydrogen-bond donors (Lipinski definition) is 3. The Hall–Kier alpha value is -2.82. The molecule has 0 aliphatic rings. The summed E-state index contributed by atoms with van der Waals surface area (Å²) in [6.45, 7) is 2.56. The number of allylic oxidation sites excluding steroid dienone is 10. The summed E-state index contributed by atoms with van der Waals surface area (Å²) >= 11 is 0. The average Bonchev–Trinajstić information content (AvgIpc) is 3.09. The maximum atomic E-state index is 12.4. The van der Waals surface area contributed by atoms with E-state index in [4.69, 9.17) is 24.8 Å². The minimum Gasteiger partial charge on any atom is -0.480 e. The number of phosphoric ester groups is 1. The van der Waals surface area contributed by atoms with E-state index in [1.165, 1.54) is 6.42 Å². The molecular weight excluding hydrogens is 661 g/mol. The maximum absolute atomic E-state index is 12.4. The van der Waals surface area contributed by atoms with Crippen LogP contribution in [0.25, 0.3) is 0 Å². The van der Waals surface area contributed by atoms with Crippen LogP contribution in [0.15, 0.2) is 60.8 Å². The number of hydrogen-bond acceptors (Lipinski definition) is 9. The summed E-state index contributed by atoms with van der Waals surface area (Å²) < 4.78 is 32.4. The van der Waals surface area contributed by atoms with E-state index in [2.05, 4.69) is 79.1 Å². The van der Waals surface area contributed by atoms with Gasteiger partial charge >= 0.3 is 25.7 Å². The predicted molar refractivity (Wildman–Crippen MR) is 198 cm³/mol. The van der Waals surface area contributed by atoms with Crippen LogP contribution in [0.4, 0.5) is 0 Å². The SMILES string of the molecule is CC/C=C/C/C=C/C/C=C/C/C=C/C/C=C/CCCCCC(=O)OC[C@@H](COP(=O)(O)OC[C@@H](N)C(=O)O)OC(=O)CCCCCCCCC.